The highest BCUT2D eigenvalue weighted by Gasteiger charge is 2.23. The molecule has 1 heterocycles. The van der Waals surface area contributed by atoms with Gasteiger partial charge in [-0.3, -0.25) is 4.90 Å². The average molecular weight is 415 g/mol. The molecule has 0 spiro atoms. The summed E-state index contributed by atoms with van der Waals surface area (Å²) in [7, 11) is -3.70. The molecule has 140 valence electrons. The zero-order valence-electron chi connectivity index (χ0n) is 14.1. The van der Waals surface area contributed by atoms with Crippen LogP contribution in [0.25, 0.3) is 0 Å². The molecule has 1 unspecified atom stereocenters. The summed E-state index contributed by atoms with van der Waals surface area (Å²) in [6, 6.07) is 14.4. The number of nitrogens with one attached hydrogen (secondary N) is 1. The maximum absolute atomic E-state index is 12.5. The van der Waals surface area contributed by atoms with Crippen molar-refractivity contribution in [2.45, 2.75) is 17.5 Å². The van der Waals surface area contributed by atoms with Gasteiger partial charge in [0.15, 0.2) is 0 Å². The van der Waals surface area contributed by atoms with Gasteiger partial charge in [-0.2, -0.15) is 0 Å². The highest BCUT2D eigenvalue weighted by molar-refractivity contribution is 7.89. The minimum atomic E-state index is -3.70. The summed E-state index contributed by atoms with van der Waals surface area (Å²) in [5.74, 6) is 0. The maximum Gasteiger partial charge on any atom is 0.240 e. The number of morpholine rings is 1. The molecule has 1 aliphatic heterocycles. The number of halogens is 2. The molecular formula is C18H20Cl2N2O3S. The third kappa shape index (κ3) is 5.42. The van der Waals surface area contributed by atoms with Gasteiger partial charge in [-0.1, -0.05) is 53.5 Å². The van der Waals surface area contributed by atoms with E-state index >= 15 is 0 Å². The lowest BCUT2D eigenvalue weighted by molar-refractivity contribution is -0.0276. The van der Waals surface area contributed by atoms with Gasteiger partial charge >= 0.3 is 0 Å². The quantitative estimate of drug-likeness (QED) is 0.788. The van der Waals surface area contributed by atoms with Gasteiger partial charge in [-0.25, -0.2) is 13.1 Å². The van der Waals surface area contributed by atoms with E-state index in [4.69, 9.17) is 27.9 Å². The molecule has 1 aliphatic rings. The zero-order chi connectivity index (χ0) is 18.6. The first-order chi connectivity index (χ1) is 12.4. The lowest BCUT2D eigenvalue weighted by Crippen LogP contribution is -2.47. The number of hydrogen-bond donors (Lipinski definition) is 1. The van der Waals surface area contributed by atoms with Crippen LogP contribution >= 0.6 is 23.2 Å². The fourth-order valence-corrected chi connectivity index (χ4v) is 4.65. The van der Waals surface area contributed by atoms with Crippen molar-refractivity contribution in [3.63, 3.8) is 0 Å². The van der Waals surface area contributed by atoms with Crippen LogP contribution in [0.15, 0.2) is 53.4 Å². The van der Waals surface area contributed by atoms with Crippen molar-refractivity contribution in [2.24, 2.45) is 0 Å². The summed E-state index contributed by atoms with van der Waals surface area (Å²) in [4.78, 5) is 2.31. The predicted octanol–water partition coefficient (Wildman–Crippen LogP) is 3.17. The van der Waals surface area contributed by atoms with Crippen LogP contribution in [-0.4, -0.2) is 45.7 Å². The van der Waals surface area contributed by atoms with Gasteiger partial charge < -0.3 is 4.74 Å². The van der Waals surface area contributed by atoms with Gasteiger partial charge in [0.1, 0.15) is 0 Å². The summed E-state index contributed by atoms with van der Waals surface area (Å²) in [5, 5.41) is 0.557. The van der Waals surface area contributed by atoms with E-state index in [0.29, 0.717) is 13.2 Å². The largest absolute Gasteiger partial charge is 0.374 e. The average Bonchev–Trinajstić information content (AvgIpc) is 2.60. The molecule has 26 heavy (non-hydrogen) atoms. The number of benzene rings is 2. The second kappa shape index (κ2) is 8.69. The summed E-state index contributed by atoms with van der Waals surface area (Å²) in [6.07, 6.45) is -0.211. The zero-order valence-corrected chi connectivity index (χ0v) is 16.4. The van der Waals surface area contributed by atoms with Crippen molar-refractivity contribution >= 4 is 33.2 Å². The second-order valence-electron chi connectivity index (χ2n) is 6.17. The van der Waals surface area contributed by atoms with E-state index in [1.807, 2.05) is 18.2 Å². The Labute approximate surface area is 163 Å². The van der Waals surface area contributed by atoms with Crippen LogP contribution in [0.3, 0.4) is 0 Å². The van der Waals surface area contributed by atoms with E-state index in [1.165, 1.54) is 23.8 Å². The fraction of sp³-hybridized carbons (Fsp3) is 0.333. The Morgan fingerprint density at radius 2 is 1.81 bits per heavy atom. The smallest absolute Gasteiger partial charge is 0.240 e. The van der Waals surface area contributed by atoms with Crippen LogP contribution in [-0.2, 0) is 21.3 Å². The van der Waals surface area contributed by atoms with Crippen molar-refractivity contribution in [1.29, 1.82) is 0 Å². The first-order valence-corrected chi connectivity index (χ1v) is 10.5. The van der Waals surface area contributed by atoms with E-state index in [-0.39, 0.29) is 27.6 Å². The maximum atomic E-state index is 12.5. The highest BCUT2D eigenvalue weighted by Crippen LogP contribution is 2.22. The van der Waals surface area contributed by atoms with Gasteiger partial charge in [0, 0.05) is 36.2 Å². The molecule has 1 atom stereocenters. The number of ether oxygens (including phenoxy) is 1. The van der Waals surface area contributed by atoms with Gasteiger partial charge in [-0.05, 0) is 23.8 Å². The number of sulfonamides is 1. The van der Waals surface area contributed by atoms with Crippen molar-refractivity contribution < 1.29 is 13.2 Å². The Morgan fingerprint density at radius 3 is 2.50 bits per heavy atom. The van der Waals surface area contributed by atoms with E-state index < -0.39 is 10.0 Å². The van der Waals surface area contributed by atoms with Crippen molar-refractivity contribution in [3.05, 3.63) is 64.1 Å². The van der Waals surface area contributed by atoms with Gasteiger partial charge in [0.25, 0.3) is 0 Å². The third-order valence-electron chi connectivity index (χ3n) is 4.12. The molecule has 0 bridgehead atoms. The second-order valence-corrected chi connectivity index (χ2v) is 8.81. The minimum Gasteiger partial charge on any atom is -0.374 e. The van der Waals surface area contributed by atoms with Gasteiger partial charge in [0.2, 0.25) is 10.0 Å². The van der Waals surface area contributed by atoms with Crippen molar-refractivity contribution in [3.8, 4) is 0 Å². The fourth-order valence-electron chi connectivity index (χ4n) is 2.86. The Hall–Kier alpha value is -1.15. The SMILES string of the molecule is O=S(=O)(NCC1CN(Cc2ccccc2)CCO1)c1cc(Cl)cc(Cl)c1. The Bertz CT molecular complexity index is 827. The lowest BCUT2D eigenvalue weighted by atomic mass is 10.2. The predicted molar refractivity (Wildman–Crippen MR) is 103 cm³/mol. The van der Waals surface area contributed by atoms with Crippen LogP contribution in [0, 0.1) is 0 Å². The molecule has 0 aromatic heterocycles. The summed E-state index contributed by atoms with van der Waals surface area (Å²) in [5.41, 5.74) is 1.22. The van der Waals surface area contributed by atoms with E-state index in [0.717, 1.165) is 13.1 Å². The first kappa shape index (κ1) is 19.6. The van der Waals surface area contributed by atoms with Crippen LogP contribution in [0.2, 0.25) is 10.0 Å². The van der Waals surface area contributed by atoms with Crippen molar-refractivity contribution in [2.75, 3.05) is 26.2 Å². The Kier molecular flexibility index (Phi) is 6.55. The molecule has 2 aromatic carbocycles. The topological polar surface area (TPSA) is 58.6 Å². The van der Waals surface area contributed by atoms with Gasteiger partial charge in [0.05, 0.1) is 17.6 Å². The molecule has 0 radical (unpaired) electrons. The molecule has 1 N–H and O–H groups in total. The van der Waals surface area contributed by atoms with E-state index in [9.17, 15) is 8.42 Å². The lowest BCUT2D eigenvalue weighted by Gasteiger charge is -2.33. The molecule has 0 aliphatic carbocycles. The molecule has 0 saturated carbocycles. The van der Waals surface area contributed by atoms with Crippen LogP contribution in [0.4, 0.5) is 0 Å². The molecule has 0 amide bonds. The minimum absolute atomic E-state index is 0.0481. The van der Waals surface area contributed by atoms with E-state index in [2.05, 4.69) is 21.8 Å². The normalized spacial score (nSPS) is 18.8. The molecule has 3 rings (SSSR count). The number of rotatable bonds is 6. The highest BCUT2D eigenvalue weighted by atomic mass is 35.5. The molecule has 8 heteroatoms. The third-order valence-corrected chi connectivity index (χ3v) is 5.96. The molecule has 1 saturated heterocycles. The Balaban J connectivity index is 1.58. The van der Waals surface area contributed by atoms with Crippen LogP contribution in [0.5, 0.6) is 0 Å². The Morgan fingerprint density at radius 1 is 1.12 bits per heavy atom. The monoisotopic (exact) mass is 414 g/mol. The molecule has 2 aromatic rings. The standard InChI is InChI=1S/C18H20Cl2N2O3S/c19-15-8-16(20)10-18(9-15)26(23,24)21-11-17-13-22(6-7-25-17)12-14-4-2-1-3-5-14/h1-5,8-10,17,21H,6-7,11-13H2. The van der Waals surface area contributed by atoms with Crippen LogP contribution in [0.1, 0.15) is 5.56 Å². The van der Waals surface area contributed by atoms with Gasteiger partial charge in [-0.15, -0.1) is 0 Å². The molecule has 5 nitrogen and oxygen atoms in total. The van der Waals surface area contributed by atoms with Crippen LogP contribution < -0.4 is 4.72 Å². The summed E-state index contributed by atoms with van der Waals surface area (Å²) in [6.45, 7) is 3.06. The summed E-state index contributed by atoms with van der Waals surface area (Å²) < 4.78 is 33.2. The molecular weight excluding hydrogens is 395 g/mol. The number of hydrogen-bond acceptors (Lipinski definition) is 4. The number of nitrogens with zero attached hydrogens (tertiary/aromatic N) is 1. The van der Waals surface area contributed by atoms with Crippen molar-refractivity contribution in [1.82, 2.24) is 9.62 Å². The summed E-state index contributed by atoms with van der Waals surface area (Å²) >= 11 is 11.8. The first-order valence-electron chi connectivity index (χ1n) is 8.26. The van der Waals surface area contributed by atoms with E-state index in [1.54, 1.807) is 0 Å². The molecule has 1 fully saturated rings.